The molecule has 0 aliphatic rings. The van der Waals surface area contributed by atoms with Crippen LogP contribution in [0, 0.1) is 0 Å². The number of carbonyl (C=O) groups excluding carboxylic acids is 1. The number of ether oxygens (including phenoxy) is 2. The molecule has 8 heteroatoms. The van der Waals surface area contributed by atoms with Gasteiger partial charge in [0.15, 0.2) is 5.69 Å². The summed E-state index contributed by atoms with van der Waals surface area (Å²) >= 11 is 1.03. The number of aromatic nitrogens is 1. The lowest BCUT2D eigenvalue weighted by atomic mass is 10.1. The molecule has 0 atom stereocenters. The van der Waals surface area contributed by atoms with Crippen molar-refractivity contribution >= 4 is 17.3 Å². The van der Waals surface area contributed by atoms with Crippen LogP contribution in [0.1, 0.15) is 10.5 Å². The lowest BCUT2D eigenvalue weighted by molar-refractivity contribution is -0.274. The van der Waals surface area contributed by atoms with E-state index in [0.29, 0.717) is 0 Å². The van der Waals surface area contributed by atoms with Crippen LogP contribution >= 0.6 is 11.3 Å². The van der Waals surface area contributed by atoms with E-state index in [1.165, 1.54) is 30.8 Å². The standard InChI is InChI=1S/C12H8F3NO3S/c1-18-11(17)9-10(20-6-16-9)7-4-2-3-5-8(7)19-12(13,14)15/h2-6H,1H3. The maximum absolute atomic E-state index is 12.4. The highest BCUT2D eigenvalue weighted by Gasteiger charge is 2.33. The molecule has 0 spiro atoms. The number of rotatable bonds is 3. The van der Waals surface area contributed by atoms with E-state index < -0.39 is 18.1 Å². The third-order valence-electron chi connectivity index (χ3n) is 2.30. The number of para-hydroxylation sites is 1. The second-order valence-electron chi connectivity index (χ2n) is 3.57. The number of thiazole rings is 1. The van der Waals surface area contributed by atoms with Crippen molar-refractivity contribution in [3.05, 3.63) is 35.5 Å². The molecule has 0 saturated heterocycles. The van der Waals surface area contributed by atoms with Gasteiger partial charge in [0, 0.05) is 5.56 Å². The predicted octanol–water partition coefficient (Wildman–Crippen LogP) is 3.50. The van der Waals surface area contributed by atoms with Crippen LogP contribution < -0.4 is 4.74 Å². The zero-order chi connectivity index (χ0) is 14.8. The molecule has 0 aliphatic carbocycles. The van der Waals surface area contributed by atoms with Crippen molar-refractivity contribution in [2.45, 2.75) is 6.36 Å². The smallest absolute Gasteiger partial charge is 0.464 e. The lowest BCUT2D eigenvalue weighted by Gasteiger charge is -2.12. The Kier molecular flexibility index (Phi) is 3.93. The minimum atomic E-state index is -4.81. The largest absolute Gasteiger partial charge is 0.573 e. The van der Waals surface area contributed by atoms with Gasteiger partial charge in [0.1, 0.15) is 5.75 Å². The topological polar surface area (TPSA) is 48.4 Å². The maximum atomic E-state index is 12.4. The van der Waals surface area contributed by atoms with E-state index in [2.05, 4.69) is 14.5 Å². The van der Waals surface area contributed by atoms with Gasteiger partial charge in [-0.15, -0.1) is 24.5 Å². The number of nitrogens with zero attached hydrogens (tertiary/aromatic N) is 1. The second-order valence-corrected chi connectivity index (χ2v) is 4.42. The normalized spacial score (nSPS) is 11.2. The predicted molar refractivity (Wildman–Crippen MR) is 65.6 cm³/mol. The van der Waals surface area contributed by atoms with Crippen LogP contribution in [0.25, 0.3) is 10.4 Å². The highest BCUT2D eigenvalue weighted by atomic mass is 32.1. The van der Waals surface area contributed by atoms with Gasteiger partial charge in [0.2, 0.25) is 0 Å². The minimum Gasteiger partial charge on any atom is -0.464 e. The molecule has 2 rings (SSSR count). The van der Waals surface area contributed by atoms with Gasteiger partial charge in [-0.2, -0.15) is 0 Å². The quantitative estimate of drug-likeness (QED) is 0.814. The molecule has 1 aromatic heterocycles. The van der Waals surface area contributed by atoms with Gasteiger partial charge in [-0.1, -0.05) is 12.1 Å². The molecule has 0 N–H and O–H groups in total. The zero-order valence-electron chi connectivity index (χ0n) is 10.1. The summed E-state index contributed by atoms with van der Waals surface area (Å²) in [6, 6.07) is 5.54. The molecule has 0 fully saturated rings. The summed E-state index contributed by atoms with van der Waals surface area (Å²) in [7, 11) is 1.17. The Balaban J connectivity index is 2.48. The first-order chi connectivity index (χ1) is 9.42. The summed E-state index contributed by atoms with van der Waals surface area (Å²) in [5, 5.41) is 0. The lowest BCUT2D eigenvalue weighted by Crippen LogP contribution is -2.17. The number of carbonyl (C=O) groups is 1. The van der Waals surface area contributed by atoms with Crippen LogP contribution in [0.15, 0.2) is 29.8 Å². The third-order valence-corrected chi connectivity index (χ3v) is 3.16. The fourth-order valence-corrected chi connectivity index (χ4v) is 2.35. The summed E-state index contributed by atoms with van der Waals surface area (Å²) in [4.78, 5) is 15.6. The van der Waals surface area contributed by atoms with E-state index in [-0.39, 0.29) is 16.1 Å². The van der Waals surface area contributed by atoms with E-state index in [0.717, 1.165) is 11.3 Å². The Hall–Kier alpha value is -2.09. The summed E-state index contributed by atoms with van der Waals surface area (Å²) in [6.45, 7) is 0. The first kappa shape index (κ1) is 14.3. The molecule has 0 aliphatic heterocycles. The molecular formula is C12H8F3NO3S. The Morgan fingerprint density at radius 1 is 1.30 bits per heavy atom. The Bertz CT molecular complexity index is 624. The molecule has 0 radical (unpaired) electrons. The Morgan fingerprint density at radius 3 is 2.65 bits per heavy atom. The molecule has 0 unspecified atom stereocenters. The number of hydrogen-bond donors (Lipinski definition) is 0. The van der Waals surface area contributed by atoms with Gasteiger partial charge in [-0.05, 0) is 12.1 Å². The van der Waals surface area contributed by atoms with Crippen molar-refractivity contribution in [1.29, 1.82) is 0 Å². The van der Waals surface area contributed by atoms with Gasteiger partial charge >= 0.3 is 12.3 Å². The van der Waals surface area contributed by atoms with Gasteiger partial charge in [0.05, 0.1) is 17.5 Å². The van der Waals surface area contributed by atoms with E-state index in [9.17, 15) is 18.0 Å². The molecule has 0 bridgehead atoms. The van der Waals surface area contributed by atoms with Crippen LogP contribution in [0.2, 0.25) is 0 Å². The van der Waals surface area contributed by atoms with Crippen molar-refractivity contribution in [1.82, 2.24) is 4.98 Å². The SMILES string of the molecule is COC(=O)c1ncsc1-c1ccccc1OC(F)(F)F. The second kappa shape index (κ2) is 5.49. The van der Waals surface area contributed by atoms with Crippen molar-refractivity contribution < 1.29 is 27.4 Å². The summed E-state index contributed by atoms with van der Waals surface area (Å²) in [6.07, 6.45) is -4.81. The van der Waals surface area contributed by atoms with Gasteiger partial charge in [-0.25, -0.2) is 9.78 Å². The summed E-state index contributed by atoms with van der Waals surface area (Å²) in [5.41, 5.74) is 1.44. The monoisotopic (exact) mass is 303 g/mol. The Morgan fingerprint density at radius 2 is 2.00 bits per heavy atom. The summed E-state index contributed by atoms with van der Waals surface area (Å²) < 4.78 is 45.6. The molecule has 0 saturated carbocycles. The molecule has 0 amide bonds. The fourth-order valence-electron chi connectivity index (χ4n) is 1.55. The highest BCUT2D eigenvalue weighted by molar-refractivity contribution is 7.13. The van der Waals surface area contributed by atoms with Crippen LogP contribution in [0.5, 0.6) is 5.75 Å². The third kappa shape index (κ3) is 3.08. The molecule has 2 aromatic rings. The van der Waals surface area contributed by atoms with Crippen LogP contribution in [-0.4, -0.2) is 24.4 Å². The van der Waals surface area contributed by atoms with Crippen molar-refractivity contribution in [2.24, 2.45) is 0 Å². The van der Waals surface area contributed by atoms with Crippen molar-refractivity contribution in [2.75, 3.05) is 7.11 Å². The highest BCUT2D eigenvalue weighted by Crippen LogP contribution is 2.37. The average molecular weight is 303 g/mol. The van der Waals surface area contributed by atoms with Crippen molar-refractivity contribution in [3.63, 3.8) is 0 Å². The number of halogens is 3. The van der Waals surface area contributed by atoms with E-state index in [1.54, 1.807) is 6.07 Å². The average Bonchev–Trinajstić information content (AvgIpc) is 2.85. The molecule has 106 valence electrons. The Labute approximate surface area is 115 Å². The number of alkyl halides is 3. The molecule has 1 heterocycles. The number of benzene rings is 1. The van der Waals surface area contributed by atoms with E-state index in [1.807, 2.05) is 0 Å². The van der Waals surface area contributed by atoms with E-state index in [4.69, 9.17) is 0 Å². The maximum Gasteiger partial charge on any atom is 0.573 e. The summed E-state index contributed by atoms with van der Waals surface area (Å²) in [5.74, 6) is -1.11. The van der Waals surface area contributed by atoms with E-state index >= 15 is 0 Å². The van der Waals surface area contributed by atoms with Crippen LogP contribution in [-0.2, 0) is 4.74 Å². The first-order valence-electron chi connectivity index (χ1n) is 5.29. The van der Waals surface area contributed by atoms with Crippen LogP contribution in [0.3, 0.4) is 0 Å². The number of hydrogen-bond acceptors (Lipinski definition) is 5. The van der Waals surface area contributed by atoms with Gasteiger partial charge < -0.3 is 9.47 Å². The minimum absolute atomic E-state index is 0.0456. The fraction of sp³-hybridized carbons (Fsp3) is 0.167. The number of methoxy groups -OCH3 is 1. The molecular weight excluding hydrogens is 295 g/mol. The molecule has 20 heavy (non-hydrogen) atoms. The van der Waals surface area contributed by atoms with Crippen molar-refractivity contribution in [3.8, 4) is 16.2 Å². The number of esters is 1. The van der Waals surface area contributed by atoms with Gasteiger partial charge in [-0.3, -0.25) is 0 Å². The first-order valence-corrected chi connectivity index (χ1v) is 6.17. The van der Waals surface area contributed by atoms with Gasteiger partial charge in [0.25, 0.3) is 0 Å². The zero-order valence-corrected chi connectivity index (χ0v) is 10.9. The molecule has 4 nitrogen and oxygen atoms in total. The molecule has 1 aromatic carbocycles. The van der Waals surface area contributed by atoms with Crippen LogP contribution in [0.4, 0.5) is 13.2 Å².